The molecule has 2 N–H and O–H groups in total. The second-order valence-electron chi connectivity index (χ2n) is 6.03. The van der Waals surface area contributed by atoms with Gasteiger partial charge in [0.2, 0.25) is 0 Å². The first-order chi connectivity index (χ1) is 10.7. The fraction of sp³-hybridized carbons (Fsp3) is 0.611. The number of nitrogens with one attached hydrogen (secondary N) is 2. The summed E-state index contributed by atoms with van der Waals surface area (Å²) in [5.41, 5.74) is 2.68. The van der Waals surface area contributed by atoms with Crippen LogP contribution < -0.4 is 10.6 Å². The highest BCUT2D eigenvalue weighted by Crippen LogP contribution is 2.27. The van der Waals surface area contributed by atoms with Gasteiger partial charge in [-0.1, -0.05) is 38.1 Å². The van der Waals surface area contributed by atoms with Crippen molar-refractivity contribution in [2.75, 3.05) is 26.7 Å². The standard InChI is InChI=1S/C18H30N4/c1-4-22(5-2)14-17-8-6-7-16(11-17)13-21-18(19-3)20-12-15-9-10-15/h6-8,11,15H,4-5,9-10,12-14H2,1-3H3,(H2,19,20,21). The van der Waals surface area contributed by atoms with Gasteiger partial charge < -0.3 is 10.6 Å². The Labute approximate surface area is 135 Å². The van der Waals surface area contributed by atoms with E-state index in [0.29, 0.717) is 0 Å². The molecule has 0 atom stereocenters. The van der Waals surface area contributed by atoms with Crippen LogP contribution in [0.5, 0.6) is 0 Å². The first-order valence-corrected chi connectivity index (χ1v) is 8.49. The highest BCUT2D eigenvalue weighted by Gasteiger charge is 2.20. The van der Waals surface area contributed by atoms with Crippen LogP contribution in [0.25, 0.3) is 0 Å². The quantitative estimate of drug-likeness (QED) is 0.573. The van der Waals surface area contributed by atoms with Crippen molar-refractivity contribution in [3.63, 3.8) is 0 Å². The highest BCUT2D eigenvalue weighted by molar-refractivity contribution is 5.79. The van der Waals surface area contributed by atoms with Crippen molar-refractivity contribution in [1.29, 1.82) is 0 Å². The minimum atomic E-state index is 0.816. The van der Waals surface area contributed by atoms with Crippen molar-refractivity contribution < 1.29 is 0 Å². The largest absolute Gasteiger partial charge is 0.356 e. The summed E-state index contributed by atoms with van der Waals surface area (Å²) in [6, 6.07) is 8.82. The van der Waals surface area contributed by atoms with E-state index in [0.717, 1.165) is 44.6 Å². The normalized spacial score (nSPS) is 15.2. The average molecular weight is 302 g/mol. The maximum Gasteiger partial charge on any atom is 0.191 e. The average Bonchev–Trinajstić information content (AvgIpc) is 3.37. The van der Waals surface area contributed by atoms with Crippen LogP contribution in [0.15, 0.2) is 29.3 Å². The molecule has 0 bridgehead atoms. The molecule has 4 nitrogen and oxygen atoms in total. The summed E-state index contributed by atoms with van der Waals surface area (Å²) in [6.07, 6.45) is 2.72. The topological polar surface area (TPSA) is 39.7 Å². The lowest BCUT2D eigenvalue weighted by Gasteiger charge is -2.18. The molecule has 0 spiro atoms. The van der Waals surface area contributed by atoms with Crippen LogP contribution in [0, 0.1) is 5.92 Å². The third-order valence-electron chi connectivity index (χ3n) is 4.23. The van der Waals surface area contributed by atoms with Crippen LogP contribution in [0.4, 0.5) is 0 Å². The summed E-state index contributed by atoms with van der Waals surface area (Å²) < 4.78 is 0. The van der Waals surface area contributed by atoms with Crippen LogP contribution in [0.2, 0.25) is 0 Å². The summed E-state index contributed by atoms with van der Waals surface area (Å²) in [6.45, 7) is 9.50. The second-order valence-corrected chi connectivity index (χ2v) is 6.03. The molecule has 0 saturated heterocycles. The number of nitrogens with zero attached hydrogens (tertiary/aromatic N) is 2. The maximum atomic E-state index is 4.29. The lowest BCUT2D eigenvalue weighted by atomic mass is 10.1. The van der Waals surface area contributed by atoms with Gasteiger partial charge in [-0.05, 0) is 43.0 Å². The zero-order valence-electron chi connectivity index (χ0n) is 14.2. The second kappa shape index (κ2) is 8.79. The Morgan fingerprint density at radius 3 is 2.55 bits per heavy atom. The van der Waals surface area contributed by atoms with E-state index in [1.54, 1.807) is 0 Å². The Balaban J connectivity index is 1.83. The summed E-state index contributed by atoms with van der Waals surface area (Å²) in [4.78, 5) is 6.72. The number of hydrogen-bond acceptors (Lipinski definition) is 2. The summed E-state index contributed by atoms with van der Waals surface area (Å²) >= 11 is 0. The van der Waals surface area contributed by atoms with E-state index >= 15 is 0 Å². The predicted octanol–water partition coefficient (Wildman–Crippen LogP) is 2.60. The number of hydrogen-bond donors (Lipinski definition) is 2. The highest BCUT2D eigenvalue weighted by atomic mass is 15.2. The molecule has 1 saturated carbocycles. The summed E-state index contributed by atoms with van der Waals surface area (Å²) in [5, 5.41) is 6.80. The Bertz CT molecular complexity index is 476. The van der Waals surface area contributed by atoms with E-state index in [2.05, 4.69) is 58.6 Å². The van der Waals surface area contributed by atoms with Crippen LogP contribution in [-0.2, 0) is 13.1 Å². The third kappa shape index (κ3) is 5.68. The molecular formula is C18H30N4. The van der Waals surface area contributed by atoms with E-state index in [-0.39, 0.29) is 0 Å². The fourth-order valence-corrected chi connectivity index (χ4v) is 2.51. The molecule has 0 aromatic heterocycles. The van der Waals surface area contributed by atoms with Crippen molar-refractivity contribution in [3.8, 4) is 0 Å². The third-order valence-corrected chi connectivity index (χ3v) is 4.23. The monoisotopic (exact) mass is 302 g/mol. The van der Waals surface area contributed by atoms with Gasteiger partial charge in [0.1, 0.15) is 0 Å². The van der Waals surface area contributed by atoms with Gasteiger partial charge in [-0.25, -0.2) is 0 Å². The molecule has 4 heteroatoms. The maximum absolute atomic E-state index is 4.29. The Kier molecular flexibility index (Phi) is 6.72. The Hall–Kier alpha value is -1.55. The van der Waals surface area contributed by atoms with Crippen molar-refractivity contribution in [1.82, 2.24) is 15.5 Å². The summed E-state index contributed by atoms with van der Waals surface area (Å²) in [7, 11) is 1.83. The summed E-state index contributed by atoms with van der Waals surface area (Å²) in [5.74, 6) is 1.76. The molecule has 0 radical (unpaired) electrons. The van der Waals surface area contributed by atoms with Crippen LogP contribution >= 0.6 is 0 Å². The lowest BCUT2D eigenvalue weighted by Crippen LogP contribution is -2.37. The molecule has 1 fully saturated rings. The molecule has 122 valence electrons. The van der Waals surface area contributed by atoms with Crippen LogP contribution in [0.3, 0.4) is 0 Å². The molecule has 1 aliphatic carbocycles. The number of rotatable bonds is 8. The van der Waals surface area contributed by atoms with Gasteiger partial charge in [0.05, 0.1) is 0 Å². The lowest BCUT2D eigenvalue weighted by molar-refractivity contribution is 0.296. The van der Waals surface area contributed by atoms with Gasteiger partial charge in [0.15, 0.2) is 5.96 Å². The van der Waals surface area contributed by atoms with Crippen LogP contribution in [-0.4, -0.2) is 37.5 Å². The molecule has 0 aliphatic heterocycles. The smallest absolute Gasteiger partial charge is 0.191 e. The molecule has 0 heterocycles. The zero-order valence-corrected chi connectivity index (χ0v) is 14.2. The predicted molar refractivity (Wildman–Crippen MR) is 94.0 cm³/mol. The van der Waals surface area contributed by atoms with Crippen molar-refractivity contribution in [2.45, 2.75) is 39.8 Å². The molecule has 2 rings (SSSR count). The minimum absolute atomic E-state index is 0.816. The minimum Gasteiger partial charge on any atom is -0.356 e. The van der Waals surface area contributed by atoms with E-state index in [1.165, 1.54) is 24.0 Å². The molecule has 22 heavy (non-hydrogen) atoms. The number of benzene rings is 1. The molecular weight excluding hydrogens is 272 g/mol. The van der Waals surface area contributed by atoms with Gasteiger partial charge in [-0.3, -0.25) is 9.89 Å². The van der Waals surface area contributed by atoms with Gasteiger partial charge in [0, 0.05) is 26.7 Å². The Morgan fingerprint density at radius 1 is 1.18 bits per heavy atom. The molecule has 1 aliphatic rings. The van der Waals surface area contributed by atoms with E-state index < -0.39 is 0 Å². The molecule has 0 amide bonds. The van der Waals surface area contributed by atoms with Gasteiger partial charge in [0.25, 0.3) is 0 Å². The van der Waals surface area contributed by atoms with Gasteiger partial charge in [-0.15, -0.1) is 0 Å². The zero-order chi connectivity index (χ0) is 15.8. The first-order valence-electron chi connectivity index (χ1n) is 8.49. The molecule has 1 aromatic carbocycles. The van der Waals surface area contributed by atoms with Crippen molar-refractivity contribution in [3.05, 3.63) is 35.4 Å². The molecule has 1 aromatic rings. The van der Waals surface area contributed by atoms with E-state index in [9.17, 15) is 0 Å². The van der Waals surface area contributed by atoms with E-state index in [1.807, 2.05) is 7.05 Å². The van der Waals surface area contributed by atoms with Crippen LogP contribution in [0.1, 0.15) is 37.8 Å². The van der Waals surface area contributed by atoms with Gasteiger partial charge >= 0.3 is 0 Å². The van der Waals surface area contributed by atoms with E-state index in [4.69, 9.17) is 0 Å². The van der Waals surface area contributed by atoms with Crippen molar-refractivity contribution >= 4 is 5.96 Å². The van der Waals surface area contributed by atoms with Gasteiger partial charge in [-0.2, -0.15) is 0 Å². The SMILES string of the molecule is CCN(CC)Cc1cccc(CNC(=NC)NCC2CC2)c1. The Morgan fingerprint density at radius 2 is 1.91 bits per heavy atom. The number of guanidine groups is 1. The first kappa shape index (κ1) is 16.8. The molecule has 0 unspecified atom stereocenters. The van der Waals surface area contributed by atoms with Crippen molar-refractivity contribution in [2.24, 2.45) is 10.9 Å². The number of aliphatic imine (C=N–C) groups is 1. The fourth-order valence-electron chi connectivity index (χ4n) is 2.51.